The van der Waals surface area contributed by atoms with Crippen molar-refractivity contribution in [1.82, 2.24) is 0 Å². The first-order valence-corrected chi connectivity index (χ1v) is 8.12. The fourth-order valence-corrected chi connectivity index (χ4v) is 3.51. The number of fused-ring (bicyclic) bond motifs is 1. The number of nitrogens with zero attached hydrogens (tertiary/aromatic N) is 1. The average Bonchev–Trinajstić information content (AvgIpc) is 2.84. The van der Waals surface area contributed by atoms with E-state index in [-0.39, 0.29) is 39.5 Å². The maximum absolute atomic E-state index is 13.9. The zero-order chi connectivity index (χ0) is 19.1. The van der Waals surface area contributed by atoms with Crippen LogP contribution in [-0.4, -0.2) is 16.8 Å². The molecule has 0 unspecified atom stereocenters. The van der Waals surface area contributed by atoms with Crippen LogP contribution in [0.4, 0.5) is 22.0 Å². The highest BCUT2D eigenvalue weighted by atomic mass is 32.2. The minimum atomic E-state index is -4.60. The lowest BCUT2D eigenvalue weighted by Gasteiger charge is -2.16. The third kappa shape index (κ3) is 3.76. The van der Waals surface area contributed by atoms with Gasteiger partial charge in [0.15, 0.2) is 0 Å². The number of thioether (sulfide) groups is 1. The van der Waals surface area contributed by atoms with Crippen LogP contribution in [-0.2, 0) is 6.42 Å². The van der Waals surface area contributed by atoms with E-state index in [0.717, 1.165) is 18.2 Å². The Morgan fingerprint density at radius 1 is 1.23 bits per heavy atom. The van der Waals surface area contributed by atoms with Crippen molar-refractivity contribution in [1.29, 1.82) is 5.26 Å². The third-order valence-electron chi connectivity index (χ3n) is 3.77. The number of alkyl halides is 4. The van der Waals surface area contributed by atoms with Crippen molar-refractivity contribution >= 4 is 11.8 Å². The molecule has 0 heterocycles. The lowest BCUT2D eigenvalue weighted by Crippen LogP contribution is -2.08. The molecule has 0 aliphatic heterocycles. The van der Waals surface area contributed by atoms with E-state index in [9.17, 15) is 27.1 Å². The van der Waals surface area contributed by atoms with E-state index >= 15 is 0 Å². The molecule has 3 rings (SSSR count). The van der Waals surface area contributed by atoms with Crippen molar-refractivity contribution in [3.8, 4) is 17.6 Å². The third-order valence-corrected chi connectivity index (χ3v) is 4.57. The van der Waals surface area contributed by atoms with E-state index in [1.54, 1.807) is 6.07 Å². The zero-order valence-corrected chi connectivity index (χ0v) is 13.7. The number of nitriles is 1. The zero-order valence-electron chi connectivity index (χ0n) is 12.8. The normalized spacial score (nSPS) is 19.1. The highest BCUT2D eigenvalue weighted by molar-refractivity contribution is 8.00. The Labute approximate surface area is 149 Å². The van der Waals surface area contributed by atoms with Gasteiger partial charge in [-0.25, -0.2) is 8.78 Å². The molecule has 136 valence electrons. The van der Waals surface area contributed by atoms with Gasteiger partial charge in [-0.3, -0.25) is 0 Å². The van der Waals surface area contributed by atoms with Crippen molar-refractivity contribution in [3.63, 3.8) is 0 Å². The number of hydrogen-bond donors (Lipinski definition) is 1. The summed E-state index contributed by atoms with van der Waals surface area (Å²) in [4.78, 5) is -0.315. The van der Waals surface area contributed by atoms with Crippen molar-refractivity contribution in [2.75, 3.05) is 0 Å². The minimum absolute atomic E-state index is 0.000198. The van der Waals surface area contributed by atoms with Crippen LogP contribution in [0.1, 0.15) is 22.8 Å². The summed E-state index contributed by atoms with van der Waals surface area (Å²) in [7, 11) is 0. The summed E-state index contributed by atoms with van der Waals surface area (Å²) in [5, 5.41) is 18.8. The molecule has 2 aromatic rings. The van der Waals surface area contributed by atoms with Gasteiger partial charge in [0.25, 0.3) is 0 Å². The van der Waals surface area contributed by atoms with Crippen molar-refractivity contribution < 1.29 is 31.8 Å². The molecule has 1 aliphatic carbocycles. The lowest BCUT2D eigenvalue weighted by atomic mass is 10.1. The highest BCUT2D eigenvalue weighted by Crippen LogP contribution is 2.48. The van der Waals surface area contributed by atoms with Crippen LogP contribution in [0, 0.1) is 17.1 Å². The van der Waals surface area contributed by atoms with E-state index in [1.165, 1.54) is 12.1 Å². The van der Waals surface area contributed by atoms with Gasteiger partial charge in [-0.1, -0.05) is 0 Å². The van der Waals surface area contributed by atoms with Gasteiger partial charge in [-0.15, -0.1) is 0 Å². The largest absolute Gasteiger partial charge is 0.457 e. The van der Waals surface area contributed by atoms with Crippen molar-refractivity contribution in [2.24, 2.45) is 0 Å². The molecule has 2 atom stereocenters. The number of rotatable bonds is 3. The lowest BCUT2D eigenvalue weighted by molar-refractivity contribution is -0.0329. The Bertz CT molecular complexity index is 894. The van der Waals surface area contributed by atoms with E-state index < -0.39 is 35.4 Å². The molecule has 1 N–H and O–H groups in total. The fourth-order valence-electron chi connectivity index (χ4n) is 2.77. The SMILES string of the molecule is N#Cc1cc(F)cc(Oc2ccc(SC(F)(F)F)c3c2C[C@H](F)[C@@H]3O)c1. The average molecular weight is 387 g/mol. The minimum Gasteiger partial charge on any atom is -0.457 e. The highest BCUT2D eigenvalue weighted by Gasteiger charge is 2.39. The Morgan fingerprint density at radius 3 is 2.62 bits per heavy atom. The number of aliphatic hydroxyl groups is 1. The van der Waals surface area contributed by atoms with Gasteiger partial charge in [-0.05, 0) is 36.0 Å². The summed E-state index contributed by atoms with van der Waals surface area (Å²) in [6.45, 7) is 0. The van der Waals surface area contributed by atoms with E-state index in [4.69, 9.17) is 10.00 Å². The molecule has 1 aliphatic rings. The smallest absolute Gasteiger partial charge is 0.446 e. The van der Waals surface area contributed by atoms with Crippen LogP contribution in [0.2, 0.25) is 0 Å². The van der Waals surface area contributed by atoms with Crippen LogP contribution < -0.4 is 4.74 Å². The summed E-state index contributed by atoms with van der Waals surface area (Å²) >= 11 is -0.450. The van der Waals surface area contributed by atoms with E-state index in [2.05, 4.69) is 0 Å². The Balaban J connectivity index is 2.03. The van der Waals surface area contributed by atoms with Gasteiger partial charge in [0.05, 0.1) is 11.6 Å². The van der Waals surface area contributed by atoms with Gasteiger partial charge in [-0.2, -0.15) is 18.4 Å². The summed E-state index contributed by atoms with van der Waals surface area (Å²) in [6.07, 6.45) is -3.82. The summed E-state index contributed by atoms with van der Waals surface area (Å²) < 4.78 is 71.0. The Hall–Kier alpha value is -2.31. The molecule has 3 nitrogen and oxygen atoms in total. The topological polar surface area (TPSA) is 53.2 Å². The van der Waals surface area contributed by atoms with Gasteiger partial charge in [0.2, 0.25) is 0 Å². The van der Waals surface area contributed by atoms with Gasteiger partial charge in [0, 0.05) is 28.5 Å². The van der Waals surface area contributed by atoms with E-state index in [1.807, 2.05) is 0 Å². The molecule has 0 amide bonds. The predicted octanol–water partition coefficient (Wildman–Crippen LogP) is 5.03. The van der Waals surface area contributed by atoms with Crippen molar-refractivity contribution in [2.45, 2.75) is 29.1 Å². The second kappa shape index (κ2) is 6.78. The molecular weight excluding hydrogens is 377 g/mol. The van der Waals surface area contributed by atoms with Crippen LogP contribution in [0.15, 0.2) is 35.2 Å². The maximum Gasteiger partial charge on any atom is 0.446 e. The second-order valence-corrected chi connectivity index (χ2v) is 6.66. The number of aliphatic hydroxyl groups excluding tert-OH is 1. The van der Waals surface area contributed by atoms with Gasteiger partial charge >= 0.3 is 5.51 Å². The van der Waals surface area contributed by atoms with Gasteiger partial charge in [0.1, 0.15) is 29.6 Å². The molecule has 9 heteroatoms. The molecule has 0 saturated heterocycles. The molecule has 2 aromatic carbocycles. The van der Waals surface area contributed by atoms with Crippen LogP contribution in [0.25, 0.3) is 0 Å². The molecular formula is C17H10F5NO2S. The predicted molar refractivity (Wildman–Crippen MR) is 83.1 cm³/mol. The molecule has 0 radical (unpaired) electrons. The maximum atomic E-state index is 13.9. The number of halogens is 5. The van der Waals surface area contributed by atoms with Crippen LogP contribution in [0.5, 0.6) is 11.5 Å². The number of hydrogen-bond acceptors (Lipinski definition) is 4. The Kier molecular flexibility index (Phi) is 4.82. The molecule has 0 spiro atoms. The summed E-state index contributed by atoms with van der Waals surface area (Å²) in [5.41, 5.74) is -4.71. The Morgan fingerprint density at radius 2 is 1.96 bits per heavy atom. The second-order valence-electron chi connectivity index (χ2n) is 5.56. The summed E-state index contributed by atoms with van der Waals surface area (Å²) in [6, 6.07) is 7.24. The van der Waals surface area contributed by atoms with Gasteiger partial charge < -0.3 is 9.84 Å². The molecule has 0 bridgehead atoms. The first-order valence-electron chi connectivity index (χ1n) is 7.30. The molecule has 26 heavy (non-hydrogen) atoms. The number of ether oxygens (including phenoxy) is 1. The van der Waals surface area contributed by atoms with Crippen LogP contribution >= 0.6 is 11.8 Å². The van der Waals surface area contributed by atoms with E-state index in [0.29, 0.717) is 0 Å². The number of benzene rings is 2. The standard InChI is InChI=1S/C17H10F5NO2S/c18-9-3-8(7-23)4-10(5-9)25-13-1-2-14(26-17(20,21)22)15-11(13)6-12(19)16(15)24/h1-5,12,16,24H,6H2/t12-,16-/m0/s1. The first-order chi connectivity index (χ1) is 12.2. The first kappa shape index (κ1) is 18.5. The molecule has 0 aromatic heterocycles. The van der Waals surface area contributed by atoms with Crippen LogP contribution in [0.3, 0.4) is 0 Å². The summed E-state index contributed by atoms with van der Waals surface area (Å²) in [5.74, 6) is -0.791. The molecule has 0 saturated carbocycles. The fraction of sp³-hybridized carbons (Fsp3) is 0.235. The van der Waals surface area contributed by atoms with Crippen molar-refractivity contribution in [3.05, 3.63) is 52.8 Å². The quantitative estimate of drug-likeness (QED) is 0.593. The molecule has 0 fully saturated rings. The monoisotopic (exact) mass is 387 g/mol.